The number of hydrogen-bond donors (Lipinski definition) is 3. The topological polar surface area (TPSA) is 143 Å². The summed E-state index contributed by atoms with van der Waals surface area (Å²) in [5.41, 5.74) is 3.41. The van der Waals surface area contributed by atoms with E-state index < -0.39 is 22.0 Å². The average Bonchev–Trinajstić information content (AvgIpc) is 2.69. The maximum Gasteiger partial charge on any atom is 0.292 e. The summed E-state index contributed by atoms with van der Waals surface area (Å²) in [5.74, 6) is -1.04. The molecule has 0 saturated carbocycles. The van der Waals surface area contributed by atoms with Gasteiger partial charge in [-0.25, -0.2) is 23.6 Å². The van der Waals surface area contributed by atoms with Crippen LogP contribution in [-0.4, -0.2) is 39.2 Å². The minimum Gasteiger partial charge on any atom is -0.495 e. The van der Waals surface area contributed by atoms with E-state index in [0.717, 1.165) is 0 Å². The lowest BCUT2D eigenvalue weighted by Gasteiger charge is -2.30. The van der Waals surface area contributed by atoms with Crippen LogP contribution in [0.2, 0.25) is 0 Å². The second kappa shape index (κ2) is 7.89. The number of carbonyl (C=O) groups is 2. The predicted molar refractivity (Wildman–Crippen MR) is 107 cm³/mol. The SMILES string of the molecule is COc1ccc(NC(=O)C2=NC(C)C(=O)N(c3ccccc3)N2)cc1S(N)(=O)=O. The van der Waals surface area contributed by atoms with Crippen molar-refractivity contribution in [2.75, 3.05) is 17.4 Å². The lowest BCUT2D eigenvalue weighted by atomic mass is 10.2. The largest absolute Gasteiger partial charge is 0.495 e. The van der Waals surface area contributed by atoms with Gasteiger partial charge in [-0.3, -0.25) is 15.0 Å². The quantitative estimate of drug-likeness (QED) is 0.651. The molecule has 152 valence electrons. The molecule has 0 saturated heterocycles. The molecule has 11 heteroatoms. The van der Waals surface area contributed by atoms with Crippen molar-refractivity contribution in [2.45, 2.75) is 17.9 Å². The summed E-state index contributed by atoms with van der Waals surface area (Å²) in [6, 6.07) is 12.0. The van der Waals surface area contributed by atoms with Gasteiger partial charge in [0.05, 0.1) is 12.8 Å². The van der Waals surface area contributed by atoms with Gasteiger partial charge in [-0.15, -0.1) is 0 Å². The molecule has 1 atom stereocenters. The van der Waals surface area contributed by atoms with Crippen LogP contribution in [0, 0.1) is 0 Å². The highest BCUT2D eigenvalue weighted by molar-refractivity contribution is 7.89. The third-order valence-electron chi connectivity index (χ3n) is 4.08. The van der Waals surface area contributed by atoms with Crippen LogP contribution in [0.25, 0.3) is 0 Å². The van der Waals surface area contributed by atoms with Gasteiger partial charge < -0.3 is 10.1 Å². The second-order valence-electron chi connectivity index (χ2n) is 6.14. The summed E-state index contributed by atoms with van der Waals surface area (Å²) in [6.45, 7) is 1.57. The van der Waals surface area contributed by atoms with E-state index in [1.165, 1.54) is 30.3 Å². The smallest absolute Gasteiger partial charge is 0.292 e. The first-order valence-electron chi connectivity index (χ1n) is 8.46. The van der Waals surface area contributed by atoms with Crippen LogP contribution in [0.3, 0.4) is 0 Å². The molecule has 2 aromatic rings. The van der Waals surface area contributed by atoms with Crippen molar-refractivity contribution in [3.05, 3.63) is 48.5 Å². The number of ether oxygens (including phenoxy) is 1. The number of amidine groups is 1. The van der Waals surface area contributed by atoms with Crippen LogP contribution in [0.4, 0.5) is 11.4 Å². The number of hydrogen-bond acceptors (Lipinski definition) is 7. The van der Waals surface area contributed by atoms with Crippen molar-refractivity contribution in [3.63, 3.8) is 0 Å². The summed E-state index contributed by atoms with van der Waals surface area (Å²) in [7, 11) is -2.76. The van der Waals surface area contributed by atoms with E-state index in [-0.39, 0.29) is 28.1 Å². The van der Waals surface area contributed by atoms with Crippen LogP contribution in [0.15, 0.2) is 58.4 Å². The fraction of sp³-hybridized carbons (Fsp3) is 0.167. The van der Waals surface area contributed by atoms with Gasteiger partial charge in [0, 0.05) is 5.69 Å². The molecule has 1 aliphatic rings. The Morgan fingerprint density at radius 3 is 2.55 bits per heavy atom. The number of aliphatic imine (C=N–C) groups is 1. The van der Waals surface area contributed by atoms with Crippen molar-refractivity contribution >= 4 is 39.0 Å². The van der Waals surface area contributed by atoms with E-state index in [0.29, 0.717) is 5.69 Å². The number of methoxy groups -OCH3 is 1. The molecule has 1 unspecified atom stereocenters. The first-order valence-corrected chi connectivity index (χ1v) is 10.0. The number of primary sulfonamides is 1. The molecular weight excluding hydrogens is 398 g/mol. The molecule has 1 aliphatic heterocycles. The van der Waals surface area contributed by atoms with Crippen LogP contribution in [0.1, 0.15) is 6.92 Å². The highest BCUT2D eigenvalue weighted by Gasteiger charge is 2.30. The number of nitrogens with zero attached hydrogens (tertiary/aromatic N) is 2. The Bertz CT molecular complexity index is 1090. The molecule has 0 radical (unpaired) electrons. The Hall–Kier alpha value is -3.44. The van der Waals surface area contributed by atoms with Crippen LogP contribution in [-0.2, 0) is 19.6 Å². The summed E-state index contributed by atoms with van der Waals surface area (Å²) >= 11 is 0. The Balaban J connectivity index is 1.85. The highest BCUT2D eigenvalue weighted by Crippen LogP contribution is 2.26. The molecular formula is C18H19N5O5S. The van der Waals surface area contributed by atoms with Gasteiger partial charge in [0.1, 0.15) is 16.7 Å². The molecule has 10 nitrogen and oxygen atoms in total. The monoisotopic (exact) mass is 417 g/mol. The number of amides is 2. The Labute approximate surface area is 167 Å². The second-order valence-corrected chi connectivity index (χ2v) is 7.67. The highest BCUT2D eigenvalue weighted by atomic mass is 32.2. The number of para-hydroxylation sites is 1. The summed E-state index contributed by atoms with van der Waals surface area (Å²) < 4.78 is 28.5. The number of nitrogens with one attached hydrogen (secondary N) is 2. The van der Waals surface area contributed by atoms with E-state index >= 15 is 0 Å². The van der Waals surface area contributed by atoms with E-state index in [2.05, 4.69) is 15.7 Å². The summed E-state index contributed by atoms with van der Waals surface area (Å²) in [4.78, 5) is 28.9. The number of anilines is 2. The normalized spacial score (nSPS) is 16.7. The van der Waals surface area contributed by atoms with Crippen molar-refractivity contribution in [1.82, 2.24) is 5.43 Å². The van der Waals surface area contributed by atoms with Gasteiger partial charge in [-0.05, 0) is 37.3 Å². The molecule has 0 aromatic heterocycles. The number of nitrogens with two attached hydrogens (primary N) is 1. The standard InChI is InChI=1S/C18H19N5O5S/c1-11-18(25)23(13-6-4-3-5-7-13)22-16(20-11)17(24)21-12-8-9-14(28-2)15(10-12)29(19,26)27/h3-11H,1-2H3,(H,20,22)(H,21,24)(H2,19,26,27). The third-order valence-corrected chi connectivity index (χ3v) is 5.01. The Morgan fingerprint density at radius 2 is 1.93 bits per heavy atom. The molecule has 29 heavy (non-hydrogen) atoms. The lowest BCUT2D eigenvalue weighted by molar-refractivity contribution is -0.120. The molecule has 0 fully saturated rings. The summed E-state index contributed by atoms with van der Waals surface area (Å²) in [6.07, 6.45) is 0. The number of sulfonamides is 1. The predicted octanol–water partition coefficient (Wildman–Crippen LogP) is 0.619. The zero-order chi connectivity index (χ0) is 21.2. The maximum absolute atomic E-state index is 12.7. The molecule has 2 amide bonds. The van der Waals surface area contributed by atoms with Gasteiger partial charge in [0.2, 0.25) is 15.9 Å². The molecule has 4 N–H and O–H groups in total. The number of rotatable bonds is 5. The molecule has 1 heterocycles. The van der Waals surface area contributed by atoms with Crippen molar-refractivity contribution in [1.29, 1.82) is 0 Å². The first kappa shape index (κ1) is 20.3. The van der Waals surface area contributed by atoms with E-state index in [1.54, 1.807) is 37.3 Å². The van der Waals surface area contributed by atoms with Gasteiger partial charge >= 0.3 is 0 Å². The van der Waals surface area contributed by atoms with E-state index in [1.807, 2.05) is 0 Å². The zero-order valence-electron chi connectivity index (χ0n) is 15.6. The van der Waals surface area contributed by atoms with E-state index in [4.69, 9.17) is 9.88 Å². The maximum atomic E-state index is 12.7. The number of benzene rings is 2. The Kier molecular flexibility index (Phi) is 5.52. The molecule has 0 bridgehead atoms. The van der Waals surface area contributed by atoms with Crippen LogP contribution < -0.4 is 25.6 Å². The van der Waals surface area contributed by atoms with E-state index in [9.17, 15) is 18.0 Å². The minimum absolute atomic E-state index is 0.0492. The Morgan fingerprint density at radius 1 is 1.24 bits per heavy atom. The average molecular weight is 417 g/mol. The van der Waals surface area contributed by atoms with Gasteiger partial charge in [-0.1, -0.05) is 18.2 Å². The van der Waals surface area contributed by atoms with Gasteiger partial charge in [0.25, 0.3) is 11.8 Å². The molecule has 0 aliphatic carbocycles. The summed E-state index contributed by atoms with van der Waals surface area (Å²) in [5, 5.41) is 8.96. The minimum atomic E-state index is -4.06. The van der Waals surface area contributed by atoms with Crippen LogP contribution in [0.5, 0.6) is 5.75 Å². The number of hydrazine groups is 1. The first-order chi connectivity index (χ1) is 13.7. The van der Waals surface area contributed by atoms with Crippen LogP contribution >= 0.6 is 0 Å². The third kappa shape index (κ3) is 4.36. The molecule has 0 spiro atoms. The number of carbonyl (C=O) groups excluding carboxylic acids is 2. The van der Waals surface area contributed by atoms with Crippen molar-refractivity contribution < 1.29 is 22.7 Å². The van der Waals surface area contributed by atoms with Gasteiger partial charge in [-0.2, -0.15) is 0 Å². The lowest BCUT2D eigenvalue weighted by Crippen LogP contribution is -2.57. The van der Waals surface area contributed by atoms with Gasteiger partial charge in [0.15, 0.2) is 0 Å². The molecule has 2 aromatic carbocycles. The fourth-order valence-corrected chi connectivity index (χ4v) is 3.39. The van der Waals surface area contributed by atoms with Crippen molar-refractivity contribution in [3.8, 4) is 5.75 Å². The zero-order valence-corrected chi connectivity index (χ0v) is 16.4. The fourth-order valence-electron chi connectivity index (χ4n) is 2.67. The van der Waals surface area contributed by atoms with Crippen molar-refractivity contribution in [2.24, 2.45) is 10.1 Å². The molecule has 3 rings (SSSR count).